The highest BCUT2D eigenvalue weighted by molar-refractivity contribution is 5.16. The van der Waals surface area contributed by atoms with Gasteiger partial charge in [0.1, 0.15) is 0 Å². The zero-order valence-electron chi connectivity index (χ0n) is 8.06. The van der Waals surface area contributed by atoms with Gasteiger partial charge >= 0.3 is 0 Å². The van der Waals surface area contributed by atoms with E-state index in [-0.39, 0.29) is 6.10 Å². The Kier molecular flexibility index (Phi) is 2.77. The minimum absolute atomic E-state index is 0.134. The molecule has 0 atom stereocenters. The van der Waals surface area contributed by atoms with Crippen molar-refractivity contribution in [3.05, 3.63) is 29.6 Å². The highest BCUT2D eigenvalue weighted by Crippen LogP contribution is 2.12. The van der Waals surface area contributed by atoms with Gasteiger partial charge in [-0.2, -0.15) is 0 Å². The first-order valence-electron chi connectivity index (χ1n) is 4.82. The Balaban J connectivity index is 1.95. The van der Waals surface area contributed by atoms with Crippen LogP contribution in [0.25, 0.3) is 0 Å². The predicted molar refractivity (Wildman–Crippen MR) is 53.4 cm³/mol. The predicted octanol–water partition coefficient (Wildman–Crippen LogP) is -0.283. The van der Waals surface area contributed by atoms with Gasteiger partial charge in [-0.3, -0.25) is 9.88 Å². The molecule has 1 fully saturated rings. The van der Waals surface area contributed by atoms with Crippen molar-refractivity contribution < 1.29 is 5.11 Å². The van der Waals surface area contributed by atoms with Crippen LogP contribution in [-0.4, -0.2) is 34.2 Å². The molecular formula is C10H15N3O. The molecule has 14 heavy (non-hydrogen) atoms. The molecule has 4 heteroatoms. The quantitative estimate of drug-likeness (QED) is 0.693. The minimum atomic E-state index is -0.134. The molecule has 4 nitrogen and oxygen atoms in total. The van der Waals surface area contributed by atoms with Crippen molar-refractivity contribution in [2.75, 3.05) is 13.1 Å². The maximum absolute atomic E-state index is 9.12. The van der Waals surface area contributed by atoms with Gasteiger partial charge in [0.15, 0.2) is 0 Å². The lowest BCUT2D eigenvalue weighted by Crippen LogP contribution is -2.49. The third-order valence-corrected chi connectivity index (χ3v) is 2.43. The molecule has 1 aromatic heterocycles. The molecule has 0 saturated carbocycles. The normalized spacial score (nSPS) is 18.1. The lowest BCUT2D eigenvalue weighted by molar-refractivity contribution is -0.00288. The summed E-state index contributed by atoms with van der Waals surface area (Å²) in [5.41, 5.74) is 7.64. The van der Waals surface area contributed by atoms with Crippen molar-refractivity contribution in [3.63, 3.8) is 0 Å². The van der Waals surface area contributed by atoms with E-state index in [1.54, 1.807) is 6.20 Å². The highest BCUT2D eigenvalue weighted by Gasteiger charge is 2.23. The minimum Gasteiger partial charge on any atom is -0.390 e. The van der Waals surface area contributed by atoms with Gasteiger partial charge in [0.25, 0.3) is 0 Å². The van der Waals surface area contributed by atoms with Crippen molar-refractivity contribution in [2.45, 2.75) is 19.2 Å². The molecule has 0 aliphatic carbocycles. The second-order valence-corrected chi connectivity index (χ2v) is 3.71. The molecule has 0 bridgehead atoms. The van der Waals surface area contributed by atoms with Crippen LogP contribution in [-0.2, 0) is 13.1 Å². The molecule has 0 aromatic carbocycles. The van der Waals surface area contributed by atoms with Gasteiger partial charge in [-0.05, 0) is 17.7 Å². The van der Waals surface area contributed by atoms with Gasteiger partial charge in [-0.1, -0.05) is 0 Å². The maximum Gasteiger partial charge on any atom is 0.0794 e. The SMILES string of the molecule is NCc1cc(CN2CC(O)C2)ccn1. The number of nitrogens with two attached hydrogens (primary N) is 1. The molecular weight excluding hydrogens is 178 g/mol. The number of hydrogen-bond donors (Lipinski definition) is 2. The number of hydrogen-bond acceptors (Lipinski definition) is 4. The summed E-state index contributed by atoms with van der Waals surface area (Å²) in [4.78, 5) is 6.33. The summed E-state index contributed by atoms with van der Waals surface area (Å²) >= 11 is 0. The summed E-state index contributed by atoms with van der Waals surface area (Å²) in [7, 11) is 0. The van der Waals surface area contributed by atoms with Crippen LogP contribution in [0, 0.1) is 0 Å². The fourth-order valence-corrected chi connectivity index (χ4v) is 1.67. The molecule has 2 rings (SSSR count). The van der Waals surface area contributed by atoms with E-state index >= 15 is 0 Å². The van der Waals surface area contributed by atoms with E-state index in [1.165, 1.54) is 5.56 Å². The largest absolute Gasteiger partial charge is 0.390 e. The number of likely N-dealkylation sites (tertiary alicyclic amines) is 1. The van der Waals surface area contributed by atoms with Crippen LogP contribution in [0.4, 0.5) is 0 Å². The number of aliphatic hydroxyl groups excluding tert-OH is 1. The molecule has 1 saturated heterocycles. The molecule has 1 aliphatic rings. The Labute approximate surface area is 83.4 Å². The van der Waals surface area contributed by atoms with E-state index in [9.17, 15) is 0 Å². The van der Waals surface area contributed by atoms with Crippen LogP contribution in [0.15, 0.2) is 18.3 Å². The van der Waals surface area contributed by atoms with E-state index in [2.05, 4.69) is 9.88 Å². The standard InChI is InChI=1S/C10H15N3O/c11-4-9-3-8(1-2-12-9)5-13-6-10(14)7-13/h1-3,10,14H,4-7,11H2. The summed E-state index contributed by atoms with van der Waals surface area (Å²) in [5.74, 6) is 0. The second-order valence-electron chi connectivity index (χ2n) is 3.71. The number of rotatable bonds is 3. The van der Waals surface area contributed by atoms with E-state index < -0.39 is 0 Å². The van der Waals surface area contributed by atoms with Crippen molar-refractivity contribution in [3.8, 4) is 0 Å². The average molecular weight is 193 g/mol. The Bertz CT molecular complexity index is 310. The maximum atomic E-state index is 9.12. The Morgan fingerprint density at radius 1 is 1.57 bits per heavy atom. The molecule has 76 valence electrons. The summed E-state index contributed by atoms with van der Waals surface area (Å²) < 4.78 is 0. The van der Waals surface area contributed by atoms with Gasteiger partial charge in [0.2, 0.25) is 0 Å². The summed E-state index contributed by atoms with van der Waals surface area (Å²) in [6, 6.07) is 4.01. The summed E-state index contributed by atoms with van der Waals surface area (Å²) in [5, 5.41) is 9.12. The van der Waals surface area contributed by atoms with Gasteiger partial charge < -0.3 is 10.8 Å². The van der Waals surface area contributed by atoms with E-state index in [0.29, 0.717) is 6.54 Å². The zero-order valence-corrected chi connectivity index (χ0v) is 8.06. The lowest BCUT2D eigenvalue weighted by atomic mass is 10.1. The van der Waals surface area contributed by atoms with Gasteiger partial charge in [-0.25, -0.2) is 0 Å². The molecule has 1 aliphatic heterocycles. The third-order valence-electron chi connectivity index (χ3n) is 2.43. The highest BCUT2D eigenvalue weighted by atomic mass is 16.3. The van der Waals surface area contributed by atoms with Crippen molar-refractivity contribution in [1.29, 1.82) is 0 Å². The average Bonchev–Trinajstić information content (AvgIpc) is 2.16. The summed E-state index contributed by atoms with van der Waals surface area (Å²) in [6.07, 6.45) is 1.65. The molecule has 3 N–H and O–H groups in total. The van der Waals surface area contributed by atoms with E-state index in [4.69, 9.17) is 10.8 Å². The molecule has 2 heterocycles. The Morgan fingerprint density at radius 3 is 3.00 bits per heavy atom. The fraction of sp³-hybridized carbons (Fsp3) is 0.500. The van der Waals surface area contributed by atoms with E-state index in [0.717, 1.165) is 25.3 Å². The number of pyridine rings is 1. The fourth-order valence-electron chi connectivity index (χ4n) is 1.67. The van der Waals surface area contributed by atoms with Crippen LogP contribution in [0.5, 0.6) is 0 Å². The Morgan fingerprint density at radius 2 is 2.36 bits per heavy atom. The van der Waals surface area contributed by atoms with Crippen LogP contribution in [0.1, 0.15) is 11.3 Å². The molecule has 0 radical (unpaired) electrons. The van der Waals surface area contributed by atoms with Crippen molar-refractivity contribution >= 4 is 0 Å². The topological polar surface area (TPSA) is 62.4 Å². The van der Waals surface area contributed by atoms with Gasteiger partial charge in [0.05, 0.1) is 11.8 Å². The molecule has 0 amide bonds. The second kappa shape index (κ2) is 4.04. The Hall–Kier alpha value is -0.970. The van der Waals surface area contributed by atoms with Crippen LogP contribution < -0.4 is 5.73 Å². The first-order chi connectivity index (χ1) is 6.78. The first kappa shape index (κ1) is 9.58. The number of aromatic nitrogens is 1. The lowest BCUT2D eigenvalue weighted by Gasteiger charge is -2.35. The van der Waals surface area contributed by atoms with Crippen LogP contribution in [0.2, 0.25) is 0 Å². The smallest absolute Gasteiger partial charge is 0.0794 e. The van der Waals surface area contributed by atoms with Crippen LogP contribution >= 0.6 is 0 Å². The molecule has 0 spiro atoms. The van der Waals surface area contributed by atoms with Crippen LogP contribution in [0.3, 0.4) is 0 Å². The van der Waals surface area contributed by atoms with Crippen molar-refractivity contribution in [2.24, 2.45) is 5.73 Å². The zero-order chi connectivity index (χ0) is 9.97. The first-order valence-corrected chi connectivity index (χ1v) is 4.82. The van der Waals surface area contributed by atoms with Gasteiger partial charge in [-0.15, -0.1) is 0 Å². The van der Waals surface area contributed by atoms with Crippen molar-refractivity contribution in [1.82, 2.24) is 9.88 Å². The monoisotopic (exact) mass is 193 g/mol. The summed E-state index contributed by atoms with van der Waals surface area (Å²) in [6.45, 7) is 2.92. The van der Waals surface area contributed by atoms with E-state index in [1.807, 2.05) is 12.1 Å². The molecule has 1 aromatic rings. The van der Waals surface area contributed by atoms with Gasteiger partial charge in [0, 0.05) is 32.4 Å². The number of β-amino-alcohol motifs (C(OH)–C–C–N with tert-alkyl or cyclic N) is 1. The number of aliphatic hydroxyl groups is 1. The number of nitrogens with zero attached hydrogens (tertiary/aromatic N) is 2. The third kappa shape index (κ3) is 2.09. The molecule has 0 unspecified atom stereocenters.